The van der Waals surface area contributed by atoms with Gasteiger partial charge in [0.2, 0.25) is 0 Å². The van der Waals surface area contributed by atoms with Crippen molar-refractivity contribution < 1.29 is 4.74 Å². The first-order valence-electron chi connectivity index (χ1n) is 4.11. The molecule has 0 heterocycles. The van der Waals surface area contributed by atoms with Crippen LogP contribution in [0.4, 0.5) is 0 Å². The first-order chi connectivity index (χ1) is 6.56. The second-order valence-corrected chi connectivity index (χ2v) is 11.5. The summed E-state index contributed by atoms with van der Waals surface area (Å²) in [4.78, 5) is 0. The number of rotatable bonds is 5. The van der Waals surface area contributed by atoms with E-state index in [1.807, 2.05) is 0 Å². The normalized spacial score (nSPS) is 13.5. The molecule has 0 spiro atoms. The number of thioether (sulfide) groups is 1. The van der Waals surface area contributed by atoms with Crippen molar-refractivity contribution in [2.45, 2.75) is 39.0 Å². The quantitative estimate of drug-likeness (QED) is 0.323. The van der Waals surface area contributed by atoms with Crippen molar-refractivity contribution in [3.05, 3.63) is 0 Å². The van der Waals surface area contributed by atoms with Crippen molar-refractivity contribution in [3.63, 3.8) is 0 Å². The van der Waals surface area contributed by atoms with Crippen LogP contribution in [0.5, 0.6) is 0 Å². The molecular formula is C7H16OS6. The lowest BCUT2D eigenvalue weighted by atomic mass is 10.5. The number of thiol groups is 2. The van der Waals surface area contributed by atoms with E-state index in [9.17, 15) is 0 Å². The highest BCUT2D eigenvalue weighted by molar-refractivity contribution is 9.34. The lowest BCUT2D eigenvalue weighted by Gasteiger charge is -2.12. The standard InChI is InChI=1S/C7H16OS6/c1-5(2)8-7(10-6(3)4)11-13-14-12-9/h5-6,9,11H,1-4H3. The Morgan fingerprint density at radius 2 is 1.93 bits per heavy atom. The highest BCUT2D eigenvalue weighted by Crippen LogP contribution is 2.43. The molecule has 0 unspecified atom stereocenters. The SMILES string of the molecule is CC(C)OC(SC(C)C)=[SH]SSSS. The molecule has 0 atom stereocenters. The van der Waals surface area contributed by atoms with Gasteiger partial charge in [0.15, 0.2) is 0 Å². The Hall–Kier alpha value is 1.93. The minimum Gasteiger partial charge on any atom is -0.331 e. The minimum absolute atomic E-state index is 0.262. The lowest BCUT2D eigenvalue weighted by molar-refractivity contribution is 0.243. The smallest absolute Gasteiger partial charge is 0.142 e. The summed E-state index contributed by atoms with van der Waals surface area (Å²) in [6.07, 6.45) is 0.262. The van der Waals surface area contributed by atoms with E-state index in [2.05, 4.69) is 39.4 Å². The summed E-state index contributed by atoms with van der Waals surface area (Å²) >= 11 is 5.85. The van der Waals surface area contributed by atoms with Gasteiger partial charge >= 0.3 is 0 Å². The van der Waals surface area contributed by atoms with Crippen LogP contribution in [0.3, 0.4) is 0 Å². The van der Waals surface area contributed by atoms with Gasteiger partial charge in [0, 0.05) is 5.25 Å². The maximum absolute atomic E-state index is 5.71. The predicted octanol–water partition coefficient (Wildman–Crippen LogP) is 4.90. The molecule has 0 aliphatic rings. The van der Waals surface area contributed by atoms with E-state index in [4.69, 9.17) is 4.74 Å². The molecule has 0 saturated carbocycles. The Morgan fingerprint density at radius 3 is 2.36 bits per heavy atom. The van der Waals surface area contributed by atoms with Gasteiger partial charge in [-0.3, -0.25) is 0 Å². The second-order valence-electron chi connectivity index (χ2n) is 2.91. The summed E-state index contributed by atoms with van der Waals surface area (Å²) in [6, 6.07) is 0. The van der Waals surface area contributed by atoms with Gasteiger partial charge in [0.25, 0.3) is 0 Å². The molecule has 86 valence electrons. The van der Waals surface area contributed by atoms with Crippen LogP contribution < -0.4 is 0 Å². The number of ether oxygens (including phenoxy) is 1. The molecular weight excluding hydrogens is 292 g/mol. The Morgan fingerprint density at radius 1 is 1.29 bits per heavy atom. The summed E-state index contributed by atoms with van der Waals surface area (Å²) in [7, 11) is 6.05. The summed E-state index contributed by atoms with van der Waals surface area (Å²) in [5.74, 6) is 0. The predicted molar refractivity (Wildman–Crippen MR) is 84.7 cm³/mol. The summed E-state index contributed by atoms with van der Waals surface area (Å²) in [5, 5.41) is 0.575. The highest BCUT2D eigenvalue weighted by atomic mass is 33.8. The van der Waals surface area contributed by atoms with Crippen LogP contribution in [0.25, 0.3) is 0 Å². The van der Waals surface area contributed by atoms with Crippen LogP contribution in [0.15, 0.2) is 0 Å². The fraction of sp³-hybridized carbons (Fsp3) is 0.857. The fourth-order valence-corrected chi connectivity index (χ4v) is 8.88. The van der Waals surface area contributed by atoms with E-state index >= 15 is 0 Å². The summed E-state index contributed by atoms with van der Waals surface area (Å²) < 4.78 is 6.80. The van der Waals surface area contributed by atoms with E-state index in [-0.39, 0.29) is 6.10 Å². The molecule has 7 heteroatoms. The van der Waals surface area contributed by atoms with Crippen molar-refractivity contribution in [2.24, 2.45) is 0 Å². The molecule has 1 nitrogen and oxygen atoms in total. The van der Waals surface area contributed by atoms with Crippen LogP contribution in [0.1, 0.15) is 27.7 Å². The molecule has 0 saturated heterocycles. The van der Waals surface area contributed by atoms with Gasteiger partial charge in [-0.05, 0) is 43.3 Å². The number of hydrogen-bond acceptors (Lipinski definition) is 6. The van der Waals surface area contributed by atoms with Crippen LogP contribution in [0, 0.1) is 0 Å². The summed E-state index contributed by atoms with van der Waals surface area (Å²) in [6.45, 7) is 8.47. The van der Waals surface area contributed by atoms with Gasteiger partial charge in [-0.25, -0.2) is 0 Å². The molecule has 0 aromatic heterocycles. The molecule has 0 rings (SSSR count). The van der Waals surface area contributed by atoms with E-state index in [1.165, 1.54) is 20.2 Å². The highest BCUT2D eigenvalue weighted by Gasteiger charge is 2.05. The maximum atomic E-state index is 5.71. The van der Waals surface area contributed by atoms with Crippen molar-refractivity contribution in [1.29, 1.82) is 0 Å². The lowest BCUT2D eigenvalue weighted by Crippen LogP contribution is -2.08. The van der Waals surface area contributed by atoms with E-state index in [0.29, 0.717) is 5.25 Å². The van der Waals surface area contributed by atoms with Crippen LogP contribution >= 0.6 is 63.3 Å². The molecule has 0 aromatic rings. The third-order valence-electron chi connectivity index (χ3n) is 0.846. The first-order valence-corrected chi connectivity index (χ1v) is 11.0. The molecule has 0 N–H and O–H groups in total. The van der Waals surface area contributed by atoms with Crippen molar-refractivity contribution in [3.8, 4) is 0 Å². The Labute approximate surface area is 111 Å². The summed E-state index contributed by atoms with van der Waals surface area (Å²) in [5.41, 5.74) is 0. The zero-order chi connectivity index (χ0) is 11.0. The third-order valence-corrected chi connectivity index (χ3v) is 9.14. The molecule has 0 amide bonds. The molecule has 0 aliphatic heterocycles. The largest absolute Gasteiger partial charge is 0.331 e. The zero-order valence-corrected chi connectivity index (χ0v) is 13.6. The van der Waals surface area contributed by atoms with Crippen LogP contribution in [0.2, 0.25) is 0 Å². The second kappa shape index (κ2) is 10.1. The van der Waals surface area contributed by atoms with Gasteiger partial charge in [0.1, 0.15) is 4.38 Å². The molecule has 0 fully saturated rings. The fourth-order valence-electron chi connectivity index (χ4n) is 0.533. The molecule has 0 bridgehead atoms. The van der Waals surface area contributed by atoms with Crippen molar-refractivity contribution in [2.75, 3.05) is 0 Å². The maximum Gasteiger partial charge on any atom is 0.142 e. The van der Waals surface area contributed by atoms with E-state index in [1.54, 1.807) is 31.4 Å². The molecule has 0 aromatic carbocycles. The zero-order valence-electron chi connectivity index (χ0n) is 8.59. The van der Waals surface area contributed by atoms with Gasteiger partial charge in [-0.2, -0.15) is 0 Å². The molecule has 14 heavy (non-hydrogen) atoms. The van der Waals surface area contributed by atoms with E-state index < -0.39 is 0 Å². The van der Waals surface area contributed by atoms with Gasteiger partial charge < -0.3 is 4.74 Å². The number of hydrogen-bond donors (Lipinski definition) is 2. The van der Waals surface area contributed by atoms with Crippen molar-refractivity contribution in [1.82, 2.24) is 0 Å². The van der Waals surface area contributed by atoms with Gasteiger partial charge in [-0.15, -0.1) is 0 Å². The average molecular weight is 309 g/mol. The van der Waals surface area contributed by atoms with Crippen LogP contribution in [-0.4, -0.2) is 15.7 Å². The Balaban J connectivity index is 4.01. The molecule has 0 radical (unpaired) electrons. The first kappa shape index (κ1) is 15.9. The van der Waals surface area contributed by atoms with Crippen molar-refractivity contribution >= 4 is 67.7 Å². The van der Waals surface area contributed by atoms with Gasteiger partial charge in [0.05, 0.1) is 6.10 Å². The monoisotopic (exact) mass is 308 g/mol. The minimum atomic E-state index is 0.262. The van der Waals surface area contributed by atoms with Gasteiger partial charge in [-0.1, -0.05) is 47.7 Å². The average Bonchev–Trinajstić information content (AvgIpc) is 2.02. The molecule has 0 aliphatic carbocycles. The van der Waals surface area contributed by atoms with Crippen LogP contribution in [-0.2, 0) is 4.74 Å². The van der Waals surface area contributed by atoms with E-state index in [0.717, 1.165) is 4.38 Å². The Bertz CT molecular complexity index is 158. The third kappa shape index (κ3) is 10.4. The Kier molecular flexibility index (Phi) is 11.5. The topological polar surface area (TPSA) is 9.23 Å².